The number of rotatable bonds is 2. The smallest absolute Gasteiger partial charge is 0.274 e. The number of hydrogen-bond acceptors (Lipinski definition) is 3. The Kier molecular flexibility index (Phi) is 3.25. The van der Waals surface area contributed by atoms with Crippen LogP contribution in [0.1, 0.15) is 21.1 Å². The van der Waals surface area contributed by atoms with Crippen LogP contribution in [-0.4, -0.2) is 15.5 Å². The maximum absolute atomic E-state index is 13.3. The van der Waals surface area contributed by atoms with Crippen molar-refractivity contribution in [2.75, 3.05) is 5.32 Å². The summed E-state index contributed by atoms with van der Waals surface area (Å²) in [5.41, 5.74) is 2.07. The summed E-state index contributed by atoms with van der Waals surface area (Å²) in [7, 11) is 1.75. The third kappa shape index (κ3) is 2.42. The van der Waals surface area contributed by atoms with Crippen molar-refractivity contribution in [3.63, 3.8) is 0 Å². The van der Waals surface area contributed by atoms with Crippen molar-refractivity contribution in [3.8, 4) is 0 Å². The fourth-order valence-electron chi connectivity index (χ4n) is 2.21. The van der Waals surface area contributed by atoms with E-state index in [0.29, 0.717) is 16.3 Å². The van der Waals surface area contributed by atoms with E-state index in [1.807, 2.05) is 13.8 Å². The van der Waals surface area contributed by atoms with Crippen LogP contribution in [0.3, 0.4) is 0 Å². The molecule has 0 radical (unpaired) electrons. The van der Waals surface area contributed by atoms with E-state index in [1.165, 1.54) is 23.5 Å². The Morgan fingerprint density at radius 1 is 1.33 bits per heavy atom. The van der Waals surface area contributed by atoms with Crippen molar-refractivity contribution < 1.29 is 9.18 Å². The van der Waals surface area contributed by atoms with Gasteiger partial charge in [-0.3, -0.25) is 10.1 Å². The second kappa shape index (κ2) is 4.96. The Bertz CT molecular complexity index is 831. The number of halogens is 1. The Labute approximate surface area is 125 Å². The van der Waals surface area contributed by atoms with Crippen molar-refractivity contribution in [3.05, 3.63) is 46.3 Å². The molecule has 0 aliphatic rings. The number of amides is 1. The van der Waals surface area contributed by atoms with Crippen LogP contribution < -0.4 is 5.32 Å². The van der Waals surface area contributed by atoms with Gasteiger partial charge >= 0.3 is 0 Å². The highest BCUT2D eigenvalue weighted by Crippen LogP contribution is 2.24. The molecule has 4 nitrogen and oxygen atoms in total. The molecule has 0 atom stereocenters. The number of carbonyl (C=O) groups excluding carboxylic acids is 1. The number of thiazole rings is 1. The Morgan fingerprint density at radius 2 is 2.10 bits per heavy atom. The Hall–Kier alpha value is -2.21. The highest BCUT2D eigenvalue weighted by molar-refractivity contribution is 7.15. The molecule has 6 heteroatoms. The molecule has 2 aromatic heterocycles. The van der Waals surface area contributed by atoms with E-state index in [0.717, 1.165) is 16.0 Å². The lowest BCUT2D eigenvalue weighted by Crippen LogP contribution is -2.15. The van der Waals surface area contributed by atoms with Crippen LogP contribution in [0.4, 0.5) is 9.52 Å². The van der Waals surface area contributed by atoms with Gasteiger partial charge < -0.3 is 4.57 Å². The molecule has 3 aromatic rings. The van der Waals surface area contributed by atoms with Crippen LogP contribution >= 0.6 is 11.3 Å². The van der Waals surface area contributed by atoms with Gasteiger partial charge in [0, 0.05) is 17.3 Å². The minimum Gasteiger partial charge on any atom is -0.340 e. The zero-order valence-corrected chi connectivity index (χ0v) is 12.7. The first kappa shape index (κ1) is 13.8. The molecule has 0 aliphatic heterocycles. The number of carbonyl (C=O) groups is 1. The van der Waals surface area contributed by atoms with Crippen molar-refractivity contribution >= 4 is 33.3 Å². The molecular weight excluding hydrogens is 289 g/mol. The van der Waals surface area contributed by atoms with Crippen LogP contribution in [0.5, 0.6) is 0 Å². The summed E-state index contributed by atoms with van der Waals surface area (Å²) in [4.78, 5) is 17.7. The van der Waals surface area contributed by atoms with E-state index < -0.39 is 0 Å². The molecule has 1 aromatic carbocycles. The van der Waals surface area contributed by atoms with Gasteiger partial charge in [-0.15, -0.1) is 11.3 Å². The van der Waals surface area contributed by atoms with Gasteiger partial charge in [0.2, 0.25) is 0 Å². The highest BCUT2D eigenvalue weighted by Gasteiger charge is 2.15. The van der Waals surface area contributed by atoms with Gasteiger partial charge in [0.1, 0.15) is 11.5 Å². The normalized spacial score (nSPS) is 11.0. The van der Waals surface area contributed by atoms with Gasteiger partial charge in [-0.2, -0.15) is 0 Å². The quantitative estimate of drug-likeness (QED) is 0.785. The summed E-state index contributed by atoms with van der Waals surface area (Å²) in [6.07, 6.45) is 0. The van der Waals surface area contributed by atoms with Crippen molar-refractivity contribution in [1.29, 1.82) is 0 Å². The number of benzene rings is 1. The van der Waals surface area contributed by atoms with Crippen LogP contribution in [-0.2, 0) is 7.05 Å². The first-order chi connectivity index (χ1) is 9.95. The molecule has 108 valence electrons. The molecule has 3 rings (SSSR count). The van der Waals surface area contributed by atoms with Crippen LogP contribution in [0.15, 0.2) is 24.3 Å². The van der Waals surface area contributed by atoms with E-state index in [2.05, 4.69) is 10.3 Å². The van der Waals surface area contributed by atoms with Gasteiger partial charge in [0.15, 0.2) is 5.13 Å². The molecule has 1 N–H and O–H groups in total. The lowest BCUT2D eigenvalue weighted by molar-refractivity contribution is 0.101. The Morgan fingerprint density at radius 3 is 2.76 bits per heavy atom. The first-order valence-corrected chi connectivity index (χ1v) is 7.27. The average Bonchev–Trinajstić information content (AvgIpc) is 2.91. The van der Waals surface area contributed by atoms with Gasteiger partial charge in [-0.05, 0) is 38.1 Å². The number of nitrogens with one attached hydrogen (secondary N) is 1. The topological polar surface area (TPSA) is 46.9 Å². The standard InChI is InChI=1S/C15H14FN3OS/c1-8-9(2)21-15(17-8)18-14(20)13-6-10-4-5-11(16)7-12(10)19(13)3/h4-7H,1-3H3,(H,17,18,20). The molecule has 21 heavy (non-hydrogen) atoms. The second-order valence-electron chi connectivity index (χ2n) is 4.91. The van der Waals surface area contributed by atoms with Gasteiger partial charge in [0.25, 0.3) is 5.91 Å². The molecule has 0 unspecified atom stereocenters. The molecule has 0 fully saturated rings. The fraction of sp³-hybridized carbons (Fsp3) is 0.200. The van der Waals surface area contributed by atoms with Crippen molar-refractivity contribution in [2.45, 2.75) is 13.8 Å². The average molecular weight is 303 g/mol. The van der Waals surface area contributed by atoms with E-state index in [4.69, 9.17) is 0 Å². The molecule has 0 saturated carbocycles. The minimum absolute atomic E-state index is 0.247. The summed E-state index contributed by atoms with van der Waals surface area (Å²) < 4.78 is 15.0. The molecule has 0 spiro atoms. The molecule has 0 saturated heterocycles. The number of aryl methyl sites for hydroxylation is 3. The summed E-state index contributed by atoms with van der Waals surface area (Å²) in [6.45, 7) is 3.86. The van der Waals surface area contributed by atoms with Gasteiger partial charge in [0.05, 0.1) is 11.2 Å². The largest absolute Gasteiger partial charge is 0.340 e. The van der Waals surface area contributed by atoms with E-state index >= 15 is 0 Å². The summed E-state index contributed by atoms with van der Waals surface area (Å²) in [6, 6.07) is 6.22. The summed E-state index contributed by atoms with van der Waals surface area (Å²) in [5.74, 6) is -0.565. The van der Waals surface area contributed by atoms with Crippen molar-refractivity contribution in [2.24, 2.45) is 7.05 Å². The number of anilines is 1. The number of aromatic nitrogens is 2. The van der Waals surface area contributed by atoms with Gasteiger partial charge in [-0.1, -0.05) is 0 Å². The van der Waals surface area contributed by atoms with Crippen LogP contribution in [0.25, 0.3) is 10.9 Å². The van der Waals surface area contributed by atoms with Crippen LogP contribution in [0, 0.1) is 19.7 Å². The van der Waals surface area contributed by atoms with Crippen molar-refractivity contribution in [1.82, 2.24) is 9.55 Å². The highest BCUT2D eigenvalue weighted by atomic mass is 32.1. The number of hydrogen-bond donors (Lipinski definition) is 1. The molecule has 0 aliphatic carbocycles. The Balaban J connectivity index is 1.96. The fourth-order valence-corrected chi connectivity index (χ4v) is 3.02. The maximum Gasteiger partial charge on any atom is 0.274 e. The summed E-state index contributed by atoms with van der Waals surface area (Å²) in [5, 5.41) is 4.19. The third-order valence-corrected chi connectivity index (χ3v) is 4.48. The third-order valence-electron chi connectivity index (χ3n) is 3.49. The lowest BCUT2D eigenvalue weighted by Gasteiger charge is -2.03. The first-order valence-electron chi connectivity index (χ1n) is 6.46. The zero-order chi connectivity index (χ0) is 15.1. The van der Waals surface area contributed by atoms with Gasteiger partial charge in [-0.25, -0.2) is 9.37 Å². The maximum atomic E-state index is 13.3. The lowest BCUT2D eigenvalue weighted by atomic mass is 10.2. The summed E-state index contributed by atoms with van der Waals surface area (Å²) >= 11 is 1.44. The zero-order valence-electron chi connectivity index (χ0n) is 11.9. The second-order valence-corrected chi connectivity index (χ2v) is 6.11. The predicted molar refractivity (Wildman–Crippen MR) is 82.4 cm³/mol. The molecular formula is C15H14FN3OS. The monoisotopic (exact) mass is 303 g/mol. The number of fused-ring (bicyclic) bond motifs is 1. The minimum atomic E-state index is -0.318. The van der Waals surface area contributed by atoms with E-state index in [9.17, 15) is 9.18 Å². The predicted octanol–water partition coefficient (Wildman–Crippen LogP) is 3.64. The van der Waals surface area contributed by atoms with E-state index in [-0.39, 0.29) is 11.7 Å². The van der Waals surface area contributed by atoms with Crippen LogP contribution in [0.2, 0.25) is 0 Å². The molecule has 2 heterocycles. The molecule has 1 amide bonds. The SMILES string of the molecule is Cc1nc(NC(=O)c2cc3ccc(F)cc3n2C)sc1C. The number of nitrogens with zero attached hydrogens (tertiary/aromatic N) is 2. The molecule has 0 bridgehead atoms. The van der Waals surface area contributed by atoms with E-state index in [1.54, 1.807) is 23.7 Å².